The molecule has 2 aromatic heterocycles. The summed E-state index contributed by atoms with van der Waals surface area (Å²) in [6, 6.07) is 13.9. The predicted octanol–water partition coefficient (Wildman–Crippen LogP) is 4.84. The molecule has 0 fully saturated rings. The topological polar surface area (TPSA) is 33.5 Å². The van der Waals surface area contributed by atoms with E-state index in [1.807, 2.05) is 55.1 Å². The second-order valence-corrected chi connectivity index (χ2v) is 6.99. The van der Waals surface area contributed by atoms with Crippen LogP contribution in [0.1, 0.15) is 32.1 Å². The lowest BCUT2D eigenvalue weighted by molar-refractivity contribution is 0.0733. The molecular formula is C20H21NO2S. The molecule has 0 spiro atoms. The number of hydrogen-bond acceptors (Lipinski definition) is 3. The third-order valence-corrected chi connectivity index (χ3v) is 4.98. The smallest absolute Gasteiger partial charge is 0.254 e. The molecule has 3 nitrogen and oxygen atoms in total. The summed E-state index contributed by atoms with van der Waals surface area (Å²) < 4.78 is 5.45. The number of furan rings is 1. The maximum atomic E-state index is 13.1. The van der Waals surface area contributed by atoms with Crippen molar-refractivity contribution < 1.29 is 9.21 Å². The zero-order valence-corrected chi connectivity index (χ0v) is 14.8. The molecule has 0 radical (unpaired) electrons. The number of rotatable bonds is 6. The molecular weight excluding hydrogens is 318 g/mol. The number of nitrogens with zero attached hydrogens (tertiary/aromatic N) is 1. The molecule has 0 bridgehead atoms. The van der Waals surface area contributed by atoms with Gasteiger partial charge in [-0.2, -0.15) is 0 Å². The van der Waals surface area contributed by atoms with Crippen LogP contribution in [0.4, 0.5) is 0 Å². The summed E-state index contributed by atoms with van der Waals surface area (Å²) in [5.41, 5.74) is 2.87. The molecule has 3 aromatic rings. The Labute approximate surface area is 146 Å². The molecule has 1 amide bonds. The highest BCUT2D eigenvalue weighted by atomic mass is 32.1. The summed E-state index contributed by atoms with van der Waals surface area (Å²) in [6.45, 7) is 5.16. The van der Waals surface area contributed by atoms with Gasteiger partial charge in [0.05, 0.1) is 12.8 Å². The summed E-state index contributed by atoms with van der Waals surface area (Å²) in [7, 11) is 0. The Kier molecular flexibility index (Phi) is 5.16. The average Bonchev–Trinajstić information content (AvgIpc) is 3.26. The summed E-state index contributed by atoms with van der Waals surface area (Å²) in [6.07, 6.45) is 2.50. The van der Waals surface area contributed by atoms with Crippen molar-refractivity contribution in [3.63, 3.8) is 0 Å². The summed E-state index contributed by atoms with van der Waals surface area (Å²) in [5, 5.41) is 2.07. The number of aryl methyl sites for hydroxylation is 2. The highest BCUT2D eigenvalue weighted by Crippen LogP contribution is 2.17. The van der Waals surface area contributed by atoms with E-state index in [-0.39, 0.29) is 5.91 Å². The van der Waals surface area contributed by atoms with Crippen LogP contribution in [0.2, 0.25) is 0 Å². The van der Waals surface area contributed by atoms with Gasteiger partial charge >= 0.3 is 0 Å². The van der Waals surface area contributed by atoms with E-state index in [4.69, 9.17) is 4.42 Å². The maximum absolute atomic E-state index is 13.1. The van der Waals surface area contributed by atoms with Crippen molar-refractivity contribution >= 4 is 17.2 Å². The van der Waals surface area contributed by atoms with Crippen LogP contribution in [-0.2, 0) is 13.0 Å². The van der Waals surface area contributed by atoms with Crippen molar-refractivity contribution in [3.8, 4) is 0 Å². The predicted molar refractivity (Wildman–Crippen MR) is 97.4 cm³/mol. The Morgan fingerprint density at radius 3 is 2.75 bits per heavy atom. The molecule has 1 aromatic carbocycles. The standard InChI is InChI=1S/C20H21NO2S/c1-15-7-8-16(2)19(13-15)20(22)21(14-17-5-3-11-23-17)10-9-18-6-4-12-24-18/h3-8,11-13H,9-10,14H2,1-2H3. The van der Waals surface area contributed by atoms with Crippen LogP contribution in [-0.4, -0.2) is 17.4 Å². The summed E-state index contributed by atoms with van der Waals surface area (Å²) in [4.78, 5) is 16.3. The van der Waals surface area contributed by atoms with Gasteiger partial charge in [0.2, 0.25) is 0 Å². The van der Waals surface area contributed by atoms with Crippen molar-refractivity contribution in [2.24, 2.45) is 0 Å². The van der Waals surface area contributed by atoms with E-state index in [0.29, 0.717) is 13.1 Å². The van der Waals surface area contributed by atoms with E-state index in [9.17, 15) is 4.79 Å². The highest BCUT2D eigenvalue weighted by Gasteiger charge is 2.19. The number of hydrogen-bond donors (Lipinski definition) is 0. The van der Waals surface area contributed by atoms with Crippen molar-refractivity contribution in [1.29, 1.82) is 0 Å². The van der Waals surface area contributed by atoms with Crippen molar-refractivity contribution in [2.75, 3.05) is 6.54 Å². The summed E-state index contributed by atoms with van der Waals surface area (Å²) in [5.74, 6) is 0.865. The van der Waals surface area contributed by atoms with E-state index in [0.717, 1.165) is 28.9 Å². The van der Waals surface area contributed by atoms with Crippen LogP contribution in [0.5, 0.6) is 0 Å². The van der Waals surface area contributed by atoms with Gasteiger partial charge in [-0.25, -0.2) is 0 Å². The minimum Gasteiger partial charge on any atom is -0.467 e. The van der Waals surface area contributed by atoms with E-state index < -0.39 is 0 Å². The Hall–Kier alpha value is -2.33. The van der Waals surface area contributed by atoms with E-state index in [2.05, 4.69) is 11.4 Å². The lowest BCUT2D eigenvalue weighted by Gasteiger charge is -2.22. The van der Waals surface area contributed by atoms with Gasteiger partial charge in [-0.05, 0) is 55.5 Å². The molecule has 0 N–H and O–H groups in total. The molecule has 0 aliphatic heterocycles. The Bertz CT molecular complexity index is 791. The van der Waals surface area contributed by atoms with Crippen LogP contribution in [0, 0.1) is 13.8 Å². The Morgan fingerprint density at radius 2 is 2.04 bits per heavy atom. The fraction of sp³-hybridized carbons (Fsp3) is 0.250. The van der Waals surface area contributed by atoms with Crippen LogP contribution in [0.15, 0.2) is 58.5 Å². The van der Waals surface area contributed by atoms with E-state index in [1.165, 1.54) is 4.88 Å². The third-order valence-electron chi connectivity index (χ3n) is 4.05. The highest BCUT2D eigenvalue weighted by molar-refractivity contribution is 7.09. The Balaban J connectivity index is 1.82. The van der Waals surface area contributed by atoms with Gasteiger partial charge in [-0.1, -0.05) is 23.8 Å². The first-order valence-corrected chi connectivity index (χ1v) is 8.93. The average molecular weight is 339 g/mol. The number of thiophene rings is 1. The van der Waals surface area contributed by atoms with Crippen molar-refractivity contribution in [1.82, 2.24) is 4.90 Å². The fourth-order valence-electron chi connectivity index (χ4n) is 2.68. The largest absolute Gasteiger partial charge is 0.467 e. The van der Waals surface area contributed by atoms with Gasteiger partial charge in [0.25, 0.3) is 5.91 Å². The number of amides is 1. The molecule has 124 valence electrons. The molecule has 0 saturated heterocycles. The van der Waals surface area contributed by atoms with Gasteiger partial charge in [-0.15, -0.1) is 11.3 Å². The number of carbonyl (C=O) groups excluding carboxylic acids is 1. The van der Waals surface area contributed by atoms with Gasteiger partial charge in [0.15, 0.2) is 0 Å². The molecule has 3 rings (SSSR count). The zero-order valence-electron chi connectivity index (χ0n) is 14.0. The quantitative estimate of drug-likeness (QED) is 0.643. The normalized spacial score (nSPS) is 10.8. The van der Waals surface area contributed by atoms with Gasteiger partial charge in [-0.3, -0.25) is 4.79 Å². The molecule has 0 atom stereocenters. The van der Waals surface area contributed by atoms with Gasteiger partial charge in [0, 0.05) is 17.0 Å². The number of benzene rings is 1. The number of carbonyl (C=O) groups is 1. The molecule has 2 heterocycles. The molecule has 4 heteroatoms. The molecule has 24 heavy (non-hydrogen) atoms. The second kappa shape index (κ2) is 7.49. The minimum atomic E-state index is 0.0594. The first-order valence-electron chi connectivity index (χ1n) is 8.05. The monoisotopic (exact) mass is 339 g/mol. The summed E-state index contributed by atoms with van der Waals surface area (Å²) >= 11 is 1.72. The van der Waals surface area contributed by atoms with Crippen molar-refractivity contribution in [2.45, 2.75) is 26.8 Å². The second-order valence-electron chi connectivity index (χ2n) is 5.95. The van der Waals surface area contributed by atoms with Crippen LogP contribution < -0.4 is 0 Å². The lowest BCUT2D eigenvalue weighted by Crippen LogP contribution is -2.32. The molecule has 0 saturated carbocycles. The first-order chi connectivity index (χ1) is 11.6. The molecule has 0 aliphatic carbocycles. The first kappa shape index (κ1) is 16.5. The zero-order chi connectivity index (χ0) is 16.9. The van der Waals surface area contributed by atoms with Crippen molar-refractivity contribution in [3.05, 3.63) is 81.4 Å². The molecule has 0 aliphatic rings. The van der Waals surface area contributed by atoms with E-state index in [1.54, 1.807) is 17.6 Å². The van der Waals surface area contributed by atoms with Crippen LogP contribution in [0.3, 0.4) is 0 Å². The van der Waals surface area contributed by atoms with Gasteiger partial charge in [0.1, 0.15) is 5.76 Å². The maximum Gasteiger partial charge on any atom is 0.254 e. The fourth-order valence-corrected chi connectivity index (χ4v) is 3.38. The van der Waals surface area contributed by atoms with Crippen LogP contribution >= 0.6 is 11.3 Å². The van der Waals surface area contributed by atoms with Gasteiger partial charge < -0.3 is 9.32 Å². The Morgan fingerprint density at radius 1 is 1.17 bits per heavy atom. The van der Waals surface area contributed by atoms with Crippen LogP contribution in [0.25, 0.3) is 0 Å². The lowest BCUT2D eigenvalue weighted by atomic mass is 10.0. The third kappa shape index (κ3) is 3.95. The molecule has 0 unspecified atom stereocenters. The van der Waals surface area contributed by atoms with E-state index >= 15 is 0 Å². The minimum absolute atomic E-state index is 0.0594. The SMILES string of the molecule is Cc1ccc(C)c(C(=O)N(CCc2cccs2)Cc2ccco2)c1.